The number of benzene rings is 2. The fourth-order valence-electron chi connectivity index (χ4n) is 3.73. The molecular weight excluding hydrogens is 354 g/mol. The van der Waals surface area contributed by atoms with Crippen molar-refractivity contribution in [3.8, 4) is 5.75 Å². The number of methoxy groups -OCH3 is 1. The first kappa shape index (κ1) is 18.2. The molecule has 6 nitrogen and oxygen atoms in total. The van der Waals surface area contributed by atoms with Crippen LogP contribution in [-0.2, 0) is 4.79 Å². The smallest absolute Gasteiger partial charge is 0.272 e. The van der Waals surface area contributed by atoms with Crippen molar-refractivity contribution in [1.82, 2.24) is 10.2 Å². The van der Waals surface area contributed by atoms with E-state index in [0.29, 0.717) is 43.0 Å². The number of likely N-dealkylation sites (tertiary alicyclic amines) is 1. The van der Waals surface area contributed by atoms with E-state index in [4.69, 9.17) is 9.73 Å². The summed E-state index contributed by atoms with van der Waals surface area (Å²) in [5, 5.41) is 3.05. The topological polar surface area (TPSA) is 71.0 Å². The zero-order valence-corrected chi connectivity index (χ0v) is 16.1. The molecule has 1 saturated heterocycles. The average molecular weight is 377 g/mol. The predicted molar refractivity (Wildman–Crippen MR) is 107 cm³/mol. The number of nitrogens with zero attached hydrogens (tertiary/aromatic N) is 2. The summed E-state index contributed by atoms with van der Waals surface area (Å²) in [6.45, 7) is 3.10. The number of amides is 2. The largest absolute Gasteiger partial charge is 0.497 e. The van der Waals surface area contributed by atoms with E-state index in [1.807, 2.05) is 48.2 Å². The van der Waals surface area contributed by atoms with Gasteiger partial charge in [0.2, 0.25) is 0 Å². The minimum absolute atomic E-state index is 0.0270. The van der Waals surface area contributed by atoms with Gasteiger partial charge in [-0.15, -0.1) is 0 Å². The highest BCUT2D eigenvalue weighted by Gasteiger charge is 2.42. The molecule has 6 heteroatoms. The Morgan fingerprint density at radius 2 is 1.86 bits per heavy atom. The third-order valence-corrected chi connectivity index (χ3v) is 5.41. The molecule has 1 spiro atoms. The van der Waals surface area contributed by atoms with Gasteiger partial charge < -0.3 is 15.0 Å². The molecule has 0 saturated carbocycles. The quantitative estimate of drug-likeness (QED) is 0.894. The normalized spacial score (nSPS) is 18.0. The summed E-state index contributed by atoms with van der Waals surface area (Å²) >= 11 is 0. The summed E-state index contributed by atoms with van der Waals surface area (Å²) in [6, 6.07) is 15.0. The lowest BCUT2D eigenvalue weighted by molar-refractivity contribution is -0.115. The van der Waals surface area contributed by atoms with Gasteiger partial charge in [0.25, 0.3) is 11.8 Å². The number of rotatable bonds is 3. The van der Waals surface area contributed by atoms with Crippen molar-refractivity contribution >= 4 is 17.5 Å². The molecule has 28 heavy (non-hydrogen) atoms. The number of carbonyl (C=O) groups is 2. The number of carbonyl (C=O) groups excluding carboxylic acids is 2. The standard InChI is InChI=1S/C22H23N3O3/c1-15-6-8-16(9-7-15)19-20(26)24-22(23-19)10-12-25(13-11-22)21(27)17-4-3-5-18(14-17)28-2/h3-9,14H,10-13H2,1-2H3,(H,24,26). The fraction of sp³-hybridized carbons (Fsp3) is 0.318. The van der Waals surface area contributed by atoms with E-state index in [0.717, 1.165) is 11.1 Å². The highest BCUT2D eigenvalue weighted by Crippen LogP contribution is 2.29. The molecule has 2 aromatic rings. The minimum Gasteiger partial charge on any atom is -0.497 e. The van der Waals surface area contributed by atoms with Gasteiger partial charge in [-0.2, -0.15) is 0 Å². The maximum Gasteiger partial charge on any atom is 0.272 e. The highest BCUT2D eigenvalue weighted by atomic mass is 16.5. The zero-order valence-electron chi connectivity index (χ0n) is 16.1. The molecule has 0 aliphatic carbocycles. The molecule has 144 valence electrons. The van der Waals surface area contributed by atoms with Crippen molar-refractivity contribution in [3.05, 3.63) is 65.2 Å². The number of aryl methyl sites for hydroxylation is 1. The number of ether oxygens (including phenoxy) is 1. The van der Waals surface area contributed by atoms with Crippen molar-refractivity contribution in [3.63, 3.8) is 0 Å². The Morgan fingerprint density at radius 1 is 1.14 bits per heavy atom. The number of hydrogen-bond acceptors (Lipinski definition) is 4. The number of nitrogens with one attached hydrogen (secondary N) is 1. The fourth-order valence-corrected chi connectivity index (χ4v) is 3.73. The van der Waals surface area contributed by atoms with Crippen molar-refractivity contribution < 1.29 is 14.3 Å². The van der Waals surface area contributed by atoms with Crippen LogP contribution in [0.25, 0.3) is 0 Å². The Kier molecular flexibility index (Phi) is 4.63. The summed E-state index contributed by atoms with van der Waals surface area (Å²) in [4.78, 5) is 31.9. The Hall–Kier alpha value is -3.15. The Morgan fingerprint density at radius 3 is 2.54 bits per heavy atom. The maximum atomic E-state index is 12.8. The first-order valence-corrected chi connectivity index (χ1v) is 9.42. The summed E-state index contributed by atoms with van der Waals surface area (Å²) in [6.07, 6.45) is 1.20. The molecule has 1 N–H and O–H groups in total. The highest BCUT2D eigenvalue weighted by molar-refractivity contribution is 6.46. The van der Waals surface area contributed by atoms with Crippen LogP contribution in [0.2, 0.25) is 0 Å². The average Bonchev–Trinajstić information content (AvgIpc) is 3.04. The molecule has 2 aromatic carbocycles. The molecule has 0 radical (unpaired) electrons. The lowest BCUT2D eigenvalue weighted by Crippen LogP contribution is -2.52. The first-order valence-electron chi connectivity index (χ1n) is 9.42. The molecule has 0 aromatic heterocycles. The SMILES string of the molecule is COc1cccc(C(=O)N2CCC3(CC2)N=C(c2ccc(C)cc2)C(=O)N3)c1. The molecule has 2 amide bonds. The Bertz CT molecular complexity index is 942. The third kappa shape index (κ3) is 3.38. The van der Waals surface area contributed by atoms with Crippen LogP contribution in [0.15, 0.2) is 53.5 Å². The van der Waals surface area contributed by atoms with Crippen LogP contribution in [0.4, 0.5) is 0 Å². The van der Waals surface area contributed by atoms with E-state index in [1.165, 1.54) is 0 Å². The predicted octanol–water partition coefficient (Wildman–Crippen LogP) is 2.56. The van der Waals surface area contributed by atoms with E-state index in [2.05, 4.69) is 5.32 Å². The molecule has 0 atom stereocenters. The van der Waals surface area contributed by atoms with E-state index in [-0.39, 0.29) is 11.8 Å². The minimum atomic E-state index is -0.609. The molecule has 2 aliphatic heterocycles. The summed E-state index contributed by atoms with van der Waals surface area (Å²) in [5.74, 6) is 0.493. The van der Waals surface area contributed by atoms with Crippen molar-refractivity contribution in [2.75, 3.05) is 20.2 Å². The molecule has 0 bridgehead atoms. The van der Waals surface area contributed by atoms with Gasteiger partial charge in [-0.05, 0) is 25.1 Å². The summed E-state index contributed by atoms with van der Waals surface area (Å²) < 4.78 is 5.21. The van der Waals surface area contributed by atoms with Gasteiger partial charge in [-0.25, -0.2) is 0 Å². The van der Waals surface area contributed by atoms with Crippen LogP contribution in [0, 0.1) is 6.92 Å². The van der Waals surface area contributed by atoms with E-state index in [1.54, 1.807) is 19.2 Å². The van der Waals surface area contributed by atoms with Crippen LogP contribution < -0.4 is 10.1 Å². The van der Waals surface area contributed by atoms with Crippen molar-refractivity contribution in [2.45, 2.75) is 25.4 Å². The van der Waals surface area contributed by atoms with E-state index in [9.17, 15) is 9.59 Å². The van der Waals surface area contributed by atoms with Crippen molar-refractivity contribution in [1.29, 1.82) is 0 Å². The third-order valence-electron chi connectivity index (χ3n) is 5.41. The lowest BCUT2D eigenvalue weighted by atomic mass is 9.97. The first-order chi connectivity index (χ1) is 13.5. The van der Waals surface area contributed by atoms with Crippen LogP contribution >= 0.6 is 0 Å². The van der Waals surface area contributed by atoms with Crippen LogP contribution in [0.1, 0.15) is 34.3 Å². The van der Waals surface area contributed by atoms with Gasteiger partial charge in [0.1, 0.15) is 17.1 Å². The van der Waals surface area contributed by atoms with E-state index < -0.39 is 5.66 Å². The Labute approximate surface area is 164 Å². The molecule has 0 unspecified atom stereocenters. The van der Waals surface area contributed by atoms with Gasteiger partial charge in [0.05, 0.1) is 7.11 Å². The van der Waals surface area contributed by atoms with Crippen LogP contribution in [0.3, 0.4) is 0 Å². The summed E-state index contributed by atoms with van der Waals surface area (Å²) in [5.41, 5.74) is 2.45. The maximum absolute atomic E-state index is 12.8. The van der Waals surface area contributed by atoms with Gasteiger partial charge in [0.15, 0.2) is 0 Å². The van der Waals surface area contributed by atoms with Crippen molar-refractivity contribution in [2.24, 2.45) is 4.99 Å². The molecule has 1 fully saturated rings. The second-order valence-electron chi connectivity index (χ2n) is 7.34. The van der Waals surface area contributed by atoms with Gasteiger partial charge in [0, 0.05) is 37.1 Å². The summed E-state index contributed by atoms with van der Waals surface area (Å²) in [7, 11) is 1.58. The number of piperidine rings is 1. The van der Waals surface area contributed by atoms with Crippen LogP contribution in [-0.4, -0.2) is 48.3 Å². The van der Waals surface area contributed by atoms with Gasteiger partial charge in [-0.3, -0.25) is 14.6 Å². The molecular formula is C22H23N3O3. The van der Waals surface area contributed by atoms with Crippen LogP contribution in [0.5, 0.6) is 5.75 Å². The lowest BCUT2D eigenvalue weighted by Gasteiger charge is -2.37. The monoisotopic (exact) mass is 377 g/mol. The molecule has 4 rings (SSSR count). The Balaban J connectivity index is 1.48. The van der Waals surface area contributed by atoms with Gasteiger partial charge >= 0.3 is 0 Å². The second-order valence-corrected chi connectivity index (χ2v) is 7.34. The molecule has 2 heterocycles. The number of hydrogen-bond donors (Lipinski definition) is 1. The van der Waals surface area contributed by atoms with E-state index >= 15 is 0 Å². The van der Waals surface area contributed by atoms with Gasteiger partial charge in [-0.1, -0.05) is 35.9 Å². The zero-order chi connectivity index (χ0) is 19.7. The number of aliphatic imine (C=N–C) groups is 1. The second kappa shape index (κ2) is 7.11. The molecule has 2 aliphatic rings.